The van der Waals surface area contributed by atoms with Crippen LogP contribution in [-0.2, 0) is 19.0 Å². The lowest BCUT2D eigenvalue weighted by molar-refractivity contribution is -0.339. The Balaban J connectivity index is 2.15. The second-order valence-electron chi connectivity index (χ2n) is 8.49. The fraction of sp³-hybridized carbons (Fsp3) is 0.944. The van der Waals surface area contributed by atoms with E-state index in [1.54, 1.807) is 0 Å². The van der Waals surface area contributed by atoms with Crippen LogP contribution in [-0.4, -0.2) is 47.0 Å². The average molecular weight is 360 g/mol. The van der Waals surface area contributed by atoms with Gasteiger partial charge < -0.3 is 14.2 Å². The molecule has 0 saturated carbocycles. The van der Waals surface area contributed by atoms with E-state index in [1.165, 1.54) is 6.92 Å². The molecule has 0 N–H and O–H groups in total. The molecule has 0 bridgehead atoms. The molecular weight excluding hydrogens is 326 g/mol. The molecule has 24 heavy (non-hydrogen) atoms. The second kappa shape index (κ2) is 6.78. The van der Waals surface area contributed by atoms with Crippen molar-refractivity contribution < 1.29 is 19.0 Å². The number of nitrogens with zero attached hydrogens (tertiary/aromatic N) is 1. The van der Waals surface area contributed by atoms with Crippen LogP contribution in [0.5, 0.6) is 0 Å². The minimum absolute atomic E-state index is 0.0471. The van der Waals surface area contributed by atoms with Crippen molar-refractivity contribution in [1.29, 1.82) is 0 Å². The van der Waals surface area contributed by atoms with E-state index in [0.29, 0.717) is 19.8 Å². The van der Waals surface area contributed by atoms with E-state index >= 15 is 0 Å². The summed E-state index contributed by atoms with van der Waals surface area (Å²) in [6.45, 7) is 13.7. The molecule has 0 unspecified atom stereocenters. The molecule has 0 aliphatic carbocycles. The van der Waals surface area contributed by atoms with Gasteiger partial charge in [-0.1, -0.05) is 33.6 Å². The molecule has 2 aliphatic rings. The number of ether oxygens (including phenoxy) is 3. The maximum absolute atomic E-state index is 11.1. The summed E-state index contributed by atoms with van der Waals surface area (Å²) in [5.74, 6) is -0.846. The zero-order valence-corrected chi connectivity index (χ0v) is 16.9. The lowest BCUT2D eigenvalue weighted by Gasteiger charge is -2.60. The summed E-state index contributed by atoms with van der Waals surface area (Å²) >= 11 is 4.84. The third-order valence-corrected chi connectivity index (χ3v) is 6.60. The summed E-state index contributed by atoms with van der Waals surface area (Å²) in [5.41, 5.74) is -0.467. The zero-order valence-electron chi connectivity index (χ0n) is 16.0. The fourth-order valence-electron chi connectivity index (χ4n) is 4.07. The predicted molar refractivity (Wildman–Crippen MR) is 96.8 cm³/mol. The topological polar surface area (TPSA) is 48.0 Å². The first-order valence-corrected chi connectivity index (χ1v) is 9.33. The highest BCUT2D eigenvalue weighted by Gasteiger charge is 2.57. The largest absolute Gasteiger partial charge is 0.465 e. The molecule has 2 heterocycles. The molecular formula is C18H33NO4S. The Morgan fingerprint density at radius 1 is 1.12 bits per heavy atom. The van der Waals surface area contributed by atoms with Crippen LogP contribution in [0.1, 0.15) is 67.2 Å². The Morgan fingerprint density at radius 2 is 1.67 bits per heavy atom. The van der Waals surface area contributed by atoms with Gasteiger partial charge in [-0.3, -0.25) is 4.79 Å². The van der Waals surface area contributed by atoms with Crippen molar-refractivity contribution in [3.63, 3.8) is 0 Å². The van der Waals surface area contributed by atoms with E-state index in [9.17, 15) is 4.79 Å². The molecule has 0 radical (unpaired) electrons. The van der Waals surface area contributed by atoms with Gasteiger partial charge in [0.1, 0.15) is 6.61 Å². The van der Waals surface area contributed by atoms with Gasteiger partial charge in [-0.15, -0.1) is 0 Å². The first-order valence-electron chi connectivity index (χ1n) is 8.93. The molecule has 1 spiro atoms. The predicted octanol–water partition coefficient (Wildman–Crippen LogP) is 3.58. The lowest BCUT2D eigenvalue weighted by Crippen LogP contribution is -2.67. The van der Waals surface area contributed by atoms with Gasteiger partial charge in [0.25, 0.3) is 0 Å². The molecule has 2 rings (SSSR count). The average Bonchev–Trinajstić information content (AvgIpc) is 2.52. The molecule has 0 amide bonds. The van der Waals surface area contributed by atoms with Crippen LogP contribution in [0, 0.1) is 5.41 Å². The summed E-state index contributed by atoms with van der Waals surface area (Å²) in [4.78, 5) is 11.1. The smallest absolute Gasteiger partial charge is 0.302 e. The molecule has 0 aromatic carbocycles. The molecule has 0 atom stereocenters. The third-order valence-electron chi connectivity index (χ3n) is 5.63. The van der Waals surface area contributed by atoms with Gasteiger partial charge in [0, 0.05) is 36.3 Å². The van der Waals surface area contributed by atoms with Crippen molar-refractivity contribution in [3.05, 3.63) is 0 Å². The van der Waals surface area contributed by atoms with E-state index in [4.69, 9.17) is 27.0 Å². The first kappa shape index (κ1) is 20.0. The Morgan fingerprint density at radius 3 is 2.12 bits per heavy atom. The van der Waals surface area contributed by atoms with Gasteiger partial charge in [-0.25, -0.2) is 4.31 Å². The van der Waals surface area contributed by atoms with Gasteiger partial charge in [0.2, 0.25) is 0 Å². The molecule has 140 valence electrons. The molecule has 0 aromatic rings. The summed E-state index contributed by atoms with van der Waals surface area (Å²) in [6.07, 6.45) is 3.57. The van der Waals surface area contributed by atoms with Crippen LogP contribution in [0.2, 0.25) is 0 Å². The SMILES string of the molecule is CCC1(CC)CC2(CC(C)(C)N1S)OCC(C)(COC(C)=O)CO2. The second-order valence-corrected chi connectivity index (χ2v) is 8.89. The van der Waals surface area contributed by atoms with Crippen LogP contribution in [0.15, 0.2) is 0 Å². The number of esters is 1. The lowest BCUT2D eigenvalue weighted by atomic mass is 9.73. The molecule has 6 heteroatoms. The highest BCUT2D eigenvalue weighted by atomic mass is 32.1. The minimum atomic E-state index is -0.579. The van der Waals surface area contributed by atoms with Crippen molar-refractivity contribution in [2.24, 2.45) is 5.41 Å². The quantitative estimate of drug-likeness (QED) is 0.614. The van der Waals surface area contributed by atoms with Crippen LogP contribution in [0.3, 0.4) is 0 Å². The van der Waals surface area contributed by atoms with Crippen LogP contribution in [0.25, 0.3) is 0 Å². The van der Waals surface area contributed by atoms with Gasteiger partial charge in [-0.05, 0) is 26.7 Å². The highest BCUT2D eigenvalue weighted by molar-refractivity contribution is 7.77. The van der Waals surface area contributed by atoms with Crippen molar-refractivity contribution in [2.45, 2.75) is 84.1 Å². The number of hydrogen-bond donors (Lipinski definition) is 1. The Labute approximate surface area is 151 Å². The fourth-order valence-corrected chi connectivity index (χ4v) is 4.50. The summed E-state index contributed by atoms with van der Waals surface area (Å²) < 4.78 is 20.0. The van der Waals surface area contributed by atoms with Crippen LogP contribution in [0.4, 0.5) is 0 Å². The molecule has 2 aliphatic heterocycles. The van der Waals surface area contributed by atoms with Crippen LogP contribution < -0.4 is 0 Å². The Hall–Kier alpha value is -0.300. The van der Waals surface area contributed by atoms with E-state index in [2.05, 4.69) is 32.0 Å². The maximum Gasteiger partial charge on any atom is 0.302 e. The zero-order chi connectivity index (χ0) is 18.2. The standard InChI is InChI=1S/C18H33NO4S/c1-7-17(8-2)10-18(9-15(4,5)19(17)24)22-12-16(6,13-23-18)11-21-14(3)20/h24H,7-13H2,1-6H3. The van der Waals surface area contributed by atoms with Gasteiger partial charge in [0.15, 0.2) is 5.79 Å². The van der Waals surface area contributed by atoms with Gasteiger partial charge in [-0.2, -0.15) is 0 Å². The first-order chi connectivity index (χ1) is 11.0. The summed E-state index contributed by atoms with van der Waals surface area (Å²) in [5, 5.41) is 0. The van der Waals surface area contributed by atoms with Gasteiger partial charge >= 0.3 is 5.97 Å². The number of carbonyl (C=O) groups excluding carboxylic acids is 1. The van der Waals surface area contributed by atoms with E-state index in [1.807, 2.05) is 6.92 Å². The monoisotopic (exact) mass is 359 g/mol. The van der Waals surface area contributed by atoms with Crippen molar-refractivity contribution in [3.8, 4) is 0 Å². The maximum atomic E-state index is 11.1. The number of piperidine rings is 1. The van der Waals surface area contributed by atoms with Crippen molar-refractivity contribution in [1.82, 2.24) is 4.31 Å². The van der Waals surface area contributed by atoms with E-state index < -0.39 is 5.79 Å². The van der Waals surface area contributed by atoms with Gasteiger partial charge in [0.05, 0.1) is 13.2 Å². The van der Waals surface area contributed by atoms with Crippen molar-refractivity contribution >= 4 is 18.8 Å². The molecule has 2 saturated heterocycles. The minimum Gasteiger partial charge on any atom is -0.465 e. The van der Waals surface area contributed by atoms with E-state index in [0.717, 1.165) is 25.7 Å². The highest BCUT2D eigenvalue weighted by Crippen LogP contribution is 2.51. The van der Waals surface area contributed by atoms with Crippen molar-refractivity contribution in [2.75, 3.05) is 19.8 Å². The number of carbonyl (C=O) groups is 1. The van der Waals surface area contributed by atoms with E-state index in [-0.39, 0.29) is 22.5 Å². The molecule has 0 aromatic heterocycles. The summed E-state index contributed by atoms with van der Waals surface area (Å²) in [7, 11) is 0. The Bertz CT molecular complexity index is 468. The summed E-state index contributed by atoms with van der Waals surface area (Å²) in [6, 6.07) is 0. The number of thiol groups is 1. The van der Waals surface area contributed by atoms with Crippen LogP contribution >= 0.6 is 12.8 Å². The molecule has 5 nitrogen and oxygen atoms in total. The molecule has 2 fully saturated rings. The normalized spacial score (nSPS) is 35.8. The number of rotatable bonds is 4. The Kier molecular flexibility index (Phi) is 5.66. The number of hydrogen-bond acceptors (Lipinski definition) is 6. The third kappa shape index (κ3) is 3.76.